The molecule has 0 spiro atoms. The zero-order valence-corrected chi connectivity index (χ0v) is 9.01. The Morgan fingerprint density at radius 3 is 3.00 bits per heavy atom. The summed E-state index contributed by atoms with van der Waals surface area (Å²) in [4.78, 5) is 3.50. The predicted molar refractivity (Wildman–Crippen MR) is 62.9 cm³/mol. The molecule has 1 aromatic carbocycles. The molecule has 2 heteroatoms. The number of nitrogens with two attached hydrogens (primary N) is 1. The van der Waals surface area contributed by atoms with Gasteiger partial charge in [-0.2, -0.15) is 0 Å². The highest BCUT2D eigenvalue weighted by atomic mass is 14.7. The number of benzene rings is 1. The molecule has 1 heterocycles. The molecule has 1 unspecified atom stereocenters. The van der Waals surface area contributed by atoms with Gasteiger partial charge < -0.3 is 10.7 Å². The van der Waals surface area contributed by atoms with E-state index in [1.807, 2.05) is 6.92 Å². The summed E-state index contributed by atoms with van der Waals surface area (Å²) in [5, 5.41) is 1.39. The third-order valence-corrected chi connectivity index (χ3v) is 3.40. The van der Waals surface area contributed by atoms with E-state index in [1.165, 1.54) is 47.0 Å². The number of nitrogens with one attached hydrogen (secondary N) is 1. The van der Waals surface area contributed by atoms with Crippen LogP contribution in [0.3, 0.4) is 0 Å². The molecule has 2 aromatic rings. The second-order valence-corrected chi connectivity index (χ2v) is 4.53. The molecule has 0 saturated carbocycles. The number of fused-ring (bicyclic) bond motifs is 3. The third-order valence-electron chi connectivity index (χ3n) is 3.40. The molecule has 0 fully saturated rings. The van der Waals surface area contributed by atoms with Crippen LogP contribution < -0.4 is 5.73 Å². The van der Waals surface area contributed by atoms with Crippen molar-refractivity contribution >= 4 is 10.9 Å². The van der Waals surface area contributed by atoms with Crippen LogP contribution in [0.1, 0.15) is 36.2 Å². The van der Waals surface area contributed by atoms with Crippen LogP contribution in [0.2, 0.25) is 0 Å². The van der Waals surface area contributed by atoms with Gasteiger partial charge in [-0.25, -0.2) is 0 Å². The van der Waals surface area contributed by atoms with Crippen LogP contribution in [-0.2, 0) is 12.8 Å². The molecule has 3 N–H and O–H groups in total. The quantitative estimate of drug-likeness (QED) is 0.730. The molecule has 1 atom stereocenters. The first-order chi connectivity index (χ1) is 7.25. The standard InChI is InChI=1S/C13H16N2/c1-8(14)9-5-6-13-11(7-9)10-3-2-4-12(10)15-13/h5-8,15H,2-4,14H2,1H3. The van der Waals surface area contributed by atoms with E-state index in [4.69, 9.17) is 5.73 Å². The molecule has 0 radical (unpaired) electrons. The Morgan fingerprint density at radius 1 is 1.33 bits per heavy atom. The summed E-state index contributed by atoms with van der Waals surface area (Å²) in [5.41, 5.74) is 11.4. The normalized spacial score (nSPS) is 16.9. The van der Waals surface area contributed by atoms with Crippen molar-refractivity contribution < 1.29 is 0 Å². The van der Waals surface area contributed by atoms with E-state index in [-0.39, 0.29) is 6.04 Å². The molecule has 0 bridgehead atoms. The van der Waals surface area contributed by atoms with Crippen LogP contribution in [0.25, 0.3) is 10.9 Å². The lowest BCUT2D eigenvalue weighted by Gasteiger charge is -2.05. The van der Waals surface area contributed by atoms with Gasteiger partial charge in [0.25, 0.3) is 0 Å². The minimum absolute atomic E-state index is 0.126. The van der Waals surface area contributed by atoms with Crippen molar-refractivity contribution in [3.8, 4) is 0 Å². The smallest absolute Gasteiger partial charge is 0.0459 e. The molecule has 15 heavy (non-hydrogen) atoms. The van der Waals surface area contributed by atoms with Gasteiger partial charge in [0.1, 0.15) is 0 Å². The molecule has 78 valence electrons. The van der Waals surface area contributed by atoms with Gasteiger partial charge in [0.15, 0.2) is 0 Å². The van der Waals surface area contributed by atoms with Crippen LogP contribution in [0.15, 0.2) is 18.2 Å². The predicted octanol–water partition coefficient (Wildman–Crippen LogP) is 2.68. The average molecular weight is 200 g/mol. The van der Waals surface area contributed by atoms with E-state index in [0.29, 0.717) is 0 Å². The van der Waals surface area contributed by atoms with Crippen LogP contribution in [-0.4, -0.2) is 4.98 Å². The fraction of sp³-hybridized carbons (Fsp3) is 0.385. The average Bonchev–Trinajstić information content (AvgIpc) is 2.75. The fourth-order valence-corrected chi connectivity index (χ4v) is 2.55. The number of aromatic nitrogens is 1. The van der Waals surface area contributed by atoms with Gasteiger partial charge in [0, 0.05) is 22.6 Å². The maximum absolute atomic E-state index is 5.91. The first kappa shape index (κ1) is 8.98. The van der Waals surface area contributed by atoms with E-state index >= 15 is 0 Å². The van der Waals surface area contributed by atoms with E-state index < -0.39 is 0 Å². The van der Waals surface area contributed by atoms with Crippen molar-refractivity contribution in [1.29, 1.82) is 0 Å². The van der Waals surface area contributed by atoms with Gasteiger partial charge in [-0.15, -0.1) is 0 Å². The summed E-state index contributed by atoms with van der Waals surface area (Å²) in [6, 6.07) is 6.66. The summed E-state index contributed by atoms with van der Waals surface area (Å²) < 4.78 is 0. The summed E-state index contributed by atoms with van der Waals surface area (Å²) in [6.07, 6.45) is 3.72. The van der Waals surface area contributed by atoms with Crippen molar-refractivity contribution in [3.05, 3.63) is 35.0 Å². The fourth-order valence-electron chi connectivity index (χ4n) is 2.55. The van der Waals surface area contributed by atoms with Crippen LogP contribution >= 0.6 is 0 Å². The molecule has 0 aliphatic heterocycles. The van der Waals surface area contributed by atoms with Crippen molar-refractivity contribution in [2.75, 3.05) is 0 Å². The molecule has 0 saturated heterocycles. The van der Waals surface area contributed by atoms with Crippen LogP contribution in [0, 0.1) is 0 Å². The molecule has 1 aliphatic carbocycles. The zero-order chi connectivity index (χ0) is 10.4. The monoisotopic (exact) mass is 200 g/mol. The van der Waals surface area contributed by atoms with Gasteiger partial charge in [-0.3, -0.25) is 0 Å². The highest BCUT2D eigenvalue weighted by Gasteiger charge is 2.17. The Kier molecular flexibility index (Phi) is 1.86. The van der Waals surface area contributed by atoms with E-state index in [9.17, 15) is 0 Å². The number of rotatable bonds is 1. The van der Waals surface area contributed by atoms with Gasteiger partial charge in [0.05, 0.1) is 0 Å². The number of aromatic amines is 1. The third kappa shape index (κ3) is 1.29. The Bertz CT molecular complexity index is 508. The Balaban J connectivity index is 2.25. The van der Waals surface area contributed by atoms with Gasteiger partial charge in [-0.05, 0) is 49.4 Å². The van der Waals surface area contributed by atoms with E-state index in [1.54, 1.807) is 0 Å². The zero-order valence-electron chi connectivity index (χ0n) is 9.01. The summed E-state index contributed by atoms with van der Waals surface area (Å²) in [6.45, 7) is 2.04. The SMILES string of the molecule is CC(N)c1ccc2[nH]c3c(c2c1)CCC3. The molecule has 2 nitrogen and oxygen atoms in total. The van der Waals surface area contributed by atoms with Gasteiger partial charge in [-0.1, -0.05) is 6.07 Å². The minimum atomic E-state index is 0.126. The number of H-pyrrole nitrogens is 1. The first-order valence-corrected chi connectivity index (χ1v) is 5.64. The molecule has 3 rings (SSSR count). The van der Waals surface area contributed by atoms with Crippen molar-refractivity contribution in [3.63, 3.8) is 0 Å². The second kappa shape index (κ2) is 3.11. The number of hydrogen-bond acceptors (Lipinski definition) is 1. The van der Waals surface area contributed by atoms with Gasteiger partial charge in [0.2, 0.25) is 0 Å². The highest BCUT2D eigenvalue weighted by Crippen LogP contribution is 2.31. The topological polar surface area (TPSA) is 41.8 Å². The Labute approximate surface area is 89.5 Å². The number of hydrogen-bond donors (Lipinski definition) is 2. The van der Waals surface area contributed by atoms with E-state index in [2.05, 4.69) is 23.2 Å². The maximum Gasteiger partial charge on any atom is 0.0459 e. The van der Waals surface area contributed by atoms with Gasteiger partial charge >= 0.3 is 0 Å². The minimum Gasteiger partial charge on any atom is -0.358 e. The van der Waals surface area contributed by atoms with Crippen LogP contribution in [0.4, 0.5) is 0 Å². The first-order valence-electron chi connectivity index (χ1n) is 5.64. The van der Waals surface area contributed by atoms with Crippen molar-refractivity contribution in [2.24, 2.45) is 5.73 Å². The molecular weight excluding hydrogens is 184 g/mol. The molecule has 1 aliphatic rings. The number of aryl methyl sites for hydroxylation is 2. The molecule has 1 aromatic heterocycles. The summed E-state index contributed by atoms with van der Waals surface area (Å²) in [5.74, 6) is 0. The lowest BCUT2D eigenvalue weighted by molar-refractivity contribution is 0.819. The van der Waals surface area contributed by atoms with Crippen LogP contribution in [0.5, 0.6) is 0 Å². The highest BCUT2D eigenvalue weighted by molar-refractivity contribution is 5.86. The van der Waals surface area contributed by atoms with E-state index in [0.717, 1.165) is 0 Å². The Morgan fingerprint density at radius 2 is 2.20 bits per heavy atom. The summed E-state index contributed by atoms with van der Waals surface area (Å²) in [7, 11) is 0. The lowest BCUT2D eigenvalue weighted by atomic mass is 10.0. The molecule has 0 amide bonds. The largest absolute Gasteiger partial charge is 0.358 e. The van der Waals surface area contributed by atoms with Crippen molar-refractivity contribution in [2.45, 2.75) is 32.2 Å². The Hall–Kier alpha value is -1.28. The summed E-state index contributed by atoms with van der Waals surface area (Å²) >= 11 is 0. The second-order valence-electron chi connectivity index (χ2n) is 4.53. The molecular formula is C13H16N2. The lowest BCUT2D eigenvalue weighted by Crippen LogP contribution is -2.04. The maximum atomic E-state index is 5.91. The van der Waals surface area contributed by atoms with Crippen molar-refractivity contribution in [1.82, 2.24) is 4.98 Å².